The zero-order chi connectivity index (χ0) is 22.3. The Kier molecular flexibility index (Phi) is 5.19. The molecule has 1 aliphatic carbocycles. The van der Waals surface area contributed by atoms with Crippen molar-refractivity contribution in [3.63, 3.8) is 0 Å². The molecule has 2 aromatic heterocycles. The van der Waals surface area contributed by atoms with Crippen molar-refractivity contribution < 1.29 is 9.59 Å². The van der Waals surface area contributed by atoms with Gasteiger partial charge in [0.05, 0.1) is 17.6 Å². The van der Waals surface area contributed by atoms with Gasteiger partial charge in [-0.2, -0.15) is 0 Å². The standard InChI is InChI=1S/C25H29N5O2/c1-17-8-3-4-10-19(17)28-24(32)25(2)16-29-21-12-6-5-11-20(21)27-22(29)23(31)30(25)15-18-9-7-13-26-14-18/h5-7,9,11-14,17,19H,3-4,8,10,15-16H2,1-2H3,(H,28,32). The molecule has 3 heterocycles. The van der Waals surface area contributed by atoms with Gasteiger partial charge in [0.15, 0.2) is 5.82 Å². The zero-order valence-electron chi connectivity index (χ0n) is 18.6. The highest BCUT2D eigenvalue weighted by Crippen LogP contribution is 2.33. The van der Waals surface area contributed by atoms with E-state index in [1.807, 2.05) is 47.9 Å². The molecule has 3 unspecified atom stereocenters. The summed E-state index contributed by atoms with van der Waals surface area (Å²) in [5.74, 6) is 0.487. The predicted molar refractivity (Wildman–Crippen MR) is 122 cm³/mol. The number of fused-ring (bicyclic) bond motifs is 3. The van der Waals surface area contributed by atoms with Crippen molar-refractivity contribution in [2.24, 2.45) is 5.92 Å². The van der Waals surface area contributed by atoms with Gasteiger partial charge in [0.2, 0.25) is 5.91 Å². The Morgan fingerprint density at radius 1 is 1.19 bits per heavy atom. The van der Waals surface area contributed by atoms with E-state index in [0.717, 1.165) is 35.9 Å². The number of benzene rings is 1. The van der Waals surface area contributed by atoms with Gasteiger partial charge in [-0.1, -0.05) is 38.0 Å². The van der Waals surface area contributed by atoms with Crippen molar-refractivity contribution >= 4 is 22.8 Å². The lowest BCUT2D eigenvalue weighted by molar-refractivity contribution is -0.134. The molecule has 2 aliphatic rings. The van der Waals surface area contributed by atoms with Gasteiger partial charge in [-0.15, -0.1) is 0 Å². The third-order valence-corrected chi connectivity index (χ3v) is 7.13. The van der Waals surface area contributed by atoms with Crippen LogP contribution in [0.3, 0.4) is 0 Å². The highest BCUT2D eigenvalue weighted by Gasteiger charge is 2.49. The molecule has 32 heavy (non-hydrogen) atoms. The van der Waals surface area contributed by atoms with Gasteiger partial charge in [0.25, 0.3) is 5.91 Å². The van der Waals surface area contributed by atoms with Crippen LogP contribution >= 0.6 is 0 Å². The largest absolute Gasteiger partial charge is 0.351 e. The van der Waals surface area contributed by atoms with Crippen LogP contribution in [-0.2, 0) is 17.9 Å². The van der Waals surface area contributed by atoms with Gasteiger partial charge >= 0.3 is 0 Å². The number of amides is 2. The summed E-state index contributed by atoms with van der Waals surface area (Å²) in [6, 6.07) is 11.6. The monoisotopic (exact) mass is 431 g/mol. The molecule has 3 aromatic rings. The molecule has 1 N–H and O–H groups in total. The molecule has 1 aliphatic heterocycles. The Hall–Kier alpha value is -3.22. The molecule has 0 bridgehead atoms. The van der Waals surface area contributed by atoms with Crippen LogP contribution in [-0.4, -0.2) is 42.8 Å². The van der Waals surface area contributed by atoms with Gasteiger partial charge in [-0.25, -0.2) is 4.98 Å². The van der Waals surface area contributed by atoms with E-state index in [1.165, 1.54) is 6.42 Å². The molecule has 5 rings (SSSR count). The predicted octanol–water partition coefficient (Wildman–Crippen LogP) is 3.54. The number of carbonyl (C=O) groups excluding carboxylic acids is 2. The first-order chi connectivity index (χ1) is 15.5. The number of carbonyl (C=O) groups is 2. The molecule has 7 nitrogen and oxygen atoms in total. The van der Waals surface area contributed by atoms with Crippen LogP contribution in [0.25, 0.3) is 11.0 Å². The van der Waals surface area contributed by atoms with E-state index in [2.05, 4.69) is 22.2 Å². The lowest BCUT2D eigenvalue weighted by Gasteiger charge is -2.44. The van der Waals surface area contributed by atoms with Crippen molar-refractivity contribution in [3.8, 4) is 0 Å². The van der Waals surface area contributed by atoms with Gasteiger partial charge in [-0.05, 0) is 49.4 Å². The molecule has 166 valence electrons. The molecular formula is C25H29N5O2. The minimum absolute atomic E-state index is 0.100. The van der Waals surface area contributed by atoms with Crippen LogP contribution in [0, 0.1) is 5.92 Å². The molecule has 0 spiro atoms. The summed E-state index contributed by atoms with van der Waals surface area (Å²) in [6.45, 7) is 4.75. The Labute approximate surface area is 187 Å². The molecular weight excluding hydrogens is 402 g/mol. The second kappa shape index (κ2) is 8.04. The maximum absolute atomic E-state index is 13.8. The number of hydrogen-bond acceptors (Lipinski definition) is 4. The SMILES string of the molecule is CC1CCCCC1NC(=O)C1(C)Cn2c(nc3ccccc32)C(=O)N1Cc1cccnc1. The first-order valence-corrected chi connectivity index (χ1v) is 11.4. The van der Waals surface area contributed by atoms with E-state index >= 15 is 0 Å². The molecule has 1 saturated carbocycles. The van der Waals surface area contributed by atoms with E-state index in [1.54, 1.807) is 17.3 Å². The third-order valence-electron chi connectivity index (χ3n) is 7.13. The lowest BCUT2D eigenvalue weighted by atomic mass is 9.85. The zero-order valence-corrected chi connectivity index (χ0v) is 18.6. The van der Waals surface area contributed by atoms with Crippen molar-refractivity contribution in [2.45, 2.75) is 64.2 Å². The van der Waals surface area contributed by atoms with Crippen LogP contribution in [0.15, 0.2) is 48.8 Å². The van der Waals surface area contributed by atoms with Crippen LogP contribution in [0.1, 0.15) is 55.7 Å². The summed E-state index contributed by atoms with van der Waals surface area (Å²) in [6.07, 6.45) is 7.89. The van der Waals surface area contributed by atoms with Crippen LogP contribution in [0.2, 0.25) is 0 Å². The highest BCUT2D eigenvalue weighted by atomic mass is 16.2. The number of hydrogen-bond donors (Lipinski definition) is 1. The first-order valence-electron chi connectivity index (χ1n) is 11.4. The number of nitrogens with zero attached hydrogens (tertiary/aromatic N) is 4. The topological polar surface area (TPSA) is 80.1 Å². The molecule has 1 fully saturated rings. The van der Waals surface area contributed by atoms with Gasteiger partial charge in [-0.3, -0.25) is 14.6 Å². The fourth-order valence-electron chi connectivity index (χ4n) is 5.11. The van der Waals surface area contributed by atoms with Gasteiger partial charge in [0, 0.05) is 25.0 Å². The molecule has 7 heteroatoms. The van der Waals surface area contributed by atoms with E-state index in [-0.39, 0.29) is 17.9 Å². The van der Waals surface area contributed by atoms with Crippen LogP contribution < -0.4 is 5.32 Å². The number of rotatable bonds is 4. The van der Waals surface area contributed by atoms with Crippen molar-refractivity contribution in [1.82, 2.24) is 24.8 Å². The minimum atomic E-state index is -1.04. The molecule has 1 aromatic carbocycles. The van der Waals surface area contributed by atoms with Crippen molar-refractivity contribution in [3.05, 3.63) is 60.2 Å². The molecule has 0 radical (unpaired) electrons. The second-order valence-corrected chi connectivity index (χ2v) is 9.38. The third kappa shape index (κ3) is 3.45. The minimum Gasteiger partial charge on any atom is -0.351 e. The smallest absolute Gasteiger partial charge is 0.291 e. The van der Waals surface area contributed by atoms with E-state index in [0.29, 0.717) is 24.8 Å². The number of nitrogens with one attached hydrogen (secondary N) is 1. The number of para-hydroxylation sites is 2. The maximum Gasteiger partial charge on any atom is 0.291 e. The summed E-state index contributed by atoms with van der Waals surface area (Å²) in [5.41, 5.74) is 1.49. The number of aromatic nitrogens is 3. The summed E-state index contributed by atoms with van der Waals surface area (Å²) in [7, 11) is 0. The Balaban J connectivity index is 1.55. The summed E-state index contributed by atoms with van der Waals surface area (Å²) < 4.78 is 1.90. The molecule has 3 atom stereocenters. The fraction of sp³-hybridized carbons (Fsp3) is 0.440. The molecule has 0 saturated heterocycles. The van der Waals surface area contributed by atoms with Crippen molar-refractivity contribution in [2.75, 3.05) is 0 Å². The average Bonchev–Trinajstić information content (AvgIpc) is 3.17. The molecule has 2 amide bonds. The summed E-state index contributed by atoms with van der Waals surface area (Å²) in [5, 5.41) is 3.30. The number of imidazole rings is 1. The lowest BCUT2D eigenvalue weighted by Crippen LogP contribution is -2.65. The van der Waals surface area contributed by atoms with Crippen molar-refractivity contribution in [1.29, 1.82) is 0 Å². The second-order valence-electron chi connectivity index (χ2n) is 9.38. The summed E-state index contributed by atoms with van der Waals surface area (Å²) in [4.78, 5) is 38.0. The van der Waals surface area contributed by atoms with Gasteiger partial charge in [0.1, 0.15) is 5.54 Å². The van der Waals surface area contributed by atoms with Gasteiger partial charge < -0.3 is 14.8 Å². The fourth-order valence-corrected chi connectivity index (χ4v) is 5.11. The van der Waals surface area contributed by atoms with Crippen LogP contribution in [0.4, 0.5) is 0 Å². The Morgan fingerprint density at radius 2 is 2.00 bits per heavy atom. The van der Waals surface area contributed by atoms with E-state index in [4.69, 9.17) is 0 Å². The normalized spacial score (nSPS) is 25.6. The maximum atomic E-state index is 13.8. The van der Waals surface area contributed by atoms with E-state index < -0.39 is 5.54 Å². The first kappa shape index (κ1) is 20.7. The quantitative estimate of drug-likeness (QED) is 0.685. The number of pyridine rings is 1. The average molecular weight is 432 g/mol. The Bertz CT molecular complexity index is 1160. The highest BCUT2D eigenvalue weighted by molar-refractivity contribution is 6.01. The summed E-state index contributed by atoms with van der Waals surface area (Å²) >= 11 is 0. The Morgan fingerprint density at radius 3 is 2.78 bits per heavy atom. The van der Waals surface area contributed by atoms with E-state index in [9.17, 15) is 9.59 Å². The van der Waals surface area contributed by atoms with Crippen LogP contribution in [0.5, 0.6) is 0 Å².